The first-order chi connectivity index (χ1) is 15.5. The van der Waals surface area contributed by atoms with E-state index >= 15 is 0 Å². The predicted octanol–water partition coefficient (Wildman–Crippen LogP) is 3.67. The van der Waals surface area contributed by atoms with Gasteiger partial charge in [-0.15, -0.1) is 11.8 Å². The summed E-state index contributed by atoms with van der Waals surface area (Å²) < 4.78 is 1.92. The predicted molar refractivity (Wildman–Crippen MR) is 126 cm³/mol. The summed E-state index contributed by atoms with van der Waals surface area (Å²) in [6.45, 7) is 3.10. The Balaban J connectivity index is 1.35. The van der Waals surface area contributed by atoms with Crippen molar-refractivity contribution in [1.29, 1.82) is 0 Å². The summed E-state index contributed by atoms with van der Waals surface area (Å²) in [7, 11) is 0. The van der Waals surface area contributed by atoms with Crippen molar-refractivity contribution >= 4 is 23.6 Å². The highest BCUT2D eigenvalue weighted by molar-refractivity contribution is 8.01. The van der Waals surface area contributed by atoms with Crippen molar-refractivity contribution in [2.45, 2.75) is 43.8 Å². The number of hydrogen-bond donors (Lipinski definition) is 1. The largest absolute Gasteiger partial charge is 0.350 e. The Morgan fingerprint density at radius 1 is 1.16 bits per heavy atom. The molecule has 2 fully saturated rings. The SMILES string of the molecule is CC12CCC(=O)N1C(C(=O)NCc1cn(Cc3ccccc3)nc1-c1ccccc1)CS2. The average Bonchev–Trinajstić information content (AvgIpc) is 3.46. The highest BCUT2D eigenvalue weighted by Crippen LogP contribution is 2.47. The van der Waals surface area contributed by atoms with Gasteiger partial charge in [0.05, 0.1) is 17.1 Å². The molecule has 0 saturated carbocycles. The quantitative estimate of drug-likeness (QED) is 0.627. The Morgan fingerprint density at radius 2 is 1.88 bits per heavy atom. The van der Waals surface area contributed by atoms with Gasteiger partial charge in [0.15, 0.2) is 0 Å². The lowest BCUT2D eigenvalue weighted by Crippen LogP contribution is -2.49. The van der Waals surface area contributed by atoms with Crippen LogP contribution in [0.1, 0.15) is 30.9 Å². The molecule has 5 rings (SSSR count). The van der Waals surface area contributed by atoms with E-state index < -0.39 is 6.04 Å². The molecular weight excluding hydrogens is 420 g/mol. The Morgan fingerprint density at radius 3 is 2.62 bits per heavy atom. The number of hydrogen-bond acceptors (Lipinski definition) is 4. The van der Waals surface area contributed by atoms with Gasteiger partial charge in [0.25, 0.3) is 0 Å². The standard InChI is InChI=1S/C25H26N4O2S/c1-25-13-12-22(30)29(25)21(17-32-25)24(31)26-14-20-16-28(15-18-8-4-2-5-9-18)27-23(20)19-10-6-3-7-11-19/h2-11,16,21H,12-15,17H2,1H3,(H,26,31). The minimum absolute atomic E-state index is 0.0818. The van der Waals surface area contributed by atoms with E-state index in [0.717, 1.165) is 23.2 Å². The molecule has 164 valence electrons. The van der Waals surface area contributed by atoms with E-state index in [2.05, 4.69) is 24.4 Å². The smallest absolute Gasteiger partial charge is 0.243 e. The van der Waals surface area contributed by atoms with E-state index in [9.17, 15) is 9.59 Å². The Hall–Kier alpha value is -3.06. The molecule has 7 heteroatoms. The zero-order valence-corrected chi connectivity index (χ0v) is 18.8. The minimum atomic E-state index is -0.403. The molecule has 32 heavy (non-hydrogen) atoms. The third kappa shape index (κ3) is 3.93. The van der Waals surface area contributed by atoms with E-state index in [-0.39, 0.29) is 16.7 Å². The maximum absolute atomic E-state index is 13.0. The summed E-state index contributed by atoms with van der Waals surface area (Å²) in [5.41, 5.74) is 4.01. The lowest BCUT2D eigenvalue weighted by Gasteiger charge is -2.29. The molecule has 2 unspecified atom stereocenters. The molecule has 2 aliphatic heterocycles. The number of rotatable bonds is 6. The van der Waals surface area contributed by atoms with Crippen LogP contribution in [0.4, 0.5) is 0 Å². The zero-order valence-electron chi connectivity index (χ0n) is 18.0. The average molecular weight is 447 g/mol. The number of nitrogens with one attached hydrogen (secondary N) is 1. The minimum Gasteiger partial charge on any atom is -0.350 e. The van der Waals surface area contributed by atoms with E-state index in [0.29, 0.717) is 25.3 Å². The van der Waals surface area contributed by atoms with Crippen LogP contribution in [0.15, 0.2) is 66.9 Å². The molecule has 2 aromatic carbocycles. The number of fused-ring (bicyclic) bond motifs is 1. The van der Waals surface area contributed by atoms with Crippen LogP contribution in [0.5, 0.6) is 0 Å². The molecular formula is C25H26N4O2S. The van der Waals surface area contributed by atoms with E-state index in [1.54, 1.807) is 16.7 Å². The summed E-state index contributed by atoms with van der Waals surface area (Å²) in [4.78, 5) is 27.0. The van der Waals surface area contributed by atoms with Gasteiger partial charge in [0.1, 0.15) is 6.04 Å². The van der Waals surface area contributed by atoms with Crippen LogP contribution in [0.3, 0.4) is 0 Å². The summed E-state index contributed by atoms with van der Waals surface area (Å²) >= 11 is 1.71. The summed E-state index contributed by atoms with van der Waals surface area (Å²) in [5.74, 6) is 0.636. The zero-order chi connectivity index (χ0) is 22.1. The number of aromatic nitrogens is 2. The second kappa shape index (κ2) is 8.47. The molecule has 0 radical (unpaired) electrons. The van der Waals surface area contributed by atoms with Crippen molar-refractivity contribution in [2.24, 2.45) is 0 Å². The topological polar surface area (TPSA) is 67.2 Å². The summed E-state index contributed by atoms with van der Waals surface area (Å²) in [6, 6.07) is 19.8. The van der Waals surface area contributed by atoms with E-state index in [1.807, 2.05) is 59.4 Å². The van der Waals surface area contributed by atoms with Crippen LogP contribution in [0.25, 0.3) is 11.3 Å². The lowest BCUT2D eigenvalue weighted by atomic mass is 10.1. The summed E-state index contributed by atoms with van der Waals surface area (Å²) in [6.07, 6.45) is 3.34. The fraction of sp³-hybridized carbons (Fsp3) is 0.320. The van der Waals surface area contributed by atoms with Gasteiger partial charge < -0.3 is 10.2 Å². The van der Waals surface area contributed by atoms with Crippen LogP contribution in [-0.4, -0.2) is 43.2 Å². The molecule has 0 aliphatic carbocycles. The van der Waals surface area contributed by atoms with Crippen LogP contribution in [0.2, 0.25) is 0 Å². The second-order valence-corrected chi connectivity index (χ2v) is 10.0. The van der Waals surface area contributed by atoms with Gasteiger partial charge in [-0.05, 0) is 18.9 Å². The van der Waals surface area contributed by atoms with Crippen LogP contribution in [-0.2, 0) is 22.7 Å². The van der Waals surface area contributed by atoms with E-state index in [4.69, 9.17) is 5.10 Å². The molecule has 1 N–H and O–H groups in total. The highest BCUT2D eigenvalue weighted by atomic mass is 32.2. The van der Waals surface area contributed by atoms with Crippen molar-refractivity contribution in [3.63, 3.8) is 0 Å². The van der Waals surface area contributed by atoms with Crippen molar-refractivity contribution in [1.82, 2.24) is 20.0 Å². The van der Waals surface area contributed by atoms with Crippen LogP contribution < -0.4 is 5.32 Å². The normalized spacial score (nSPS) is 22.2. The summed E-state index contributed by atoms with van der Waals surface area (Å²) in [5, 5.41) is 7.90. The van der Waals surface area contributed by atoms with Crippen LogP contribution in [0, 0.1) is 0 Å². The molecule has 2 saturated heterocycles. The monoisotopic (exact) mass is 446 g/mol. The number of thioether (sulfide) groups is 1. The van der Waals surface area contributed by atoms with Crippen LogP contribution >= 0.6 is 11.8 Å². The highest BCUT2D eigenvalue weighted by Gasteiger charge is 2.52. The van der Waals surface area contributed by atoms with Gasteiger partial charge >= 0.3 is 0 Å². The fourth-order valence-electron chi connectivity index (χ4n) is 4.60. The number of nitrogens with zero attached hydrogens (tertiary/aromatic N) is 3. The number of benzene rings is 2. The molecule has 1 aromatic heterocycles. The molecule has 3 heterocycles. The van der Waals surface area contributed by atoms with Gasteiger partial charge in [-0.25, -0.2) is 0 Å². The Bertz CT molecular complexity index is 1130. The van der Waals surface area contributed by atoms with Crippen molar-refractivity contribution < 1.29 is 9.59 Å². The first-order valence-corrected chi connectivity index (χ1v) is 11.9. The number of amides is 2. The van der Waals surface area contributed by atoms with Gasteiger partial charge in [-0.3, -0.25) is 14.3 Å². The Kier molecular flexibility index (Phi) is 5.51. The molecule has 2 aliphatic rings. The molecule has 6 nitrogen and oxygen atoms in total. The van der Waals surface area contributed by atoms with Crippen molar-refractivity contribution in [3.8, 4) is 11.3 Å². The first-order valence-electron chi connectivity index (χ1n) is 10.9. The fourth-order valence-corrected chi connectivity index (χ4v) is 6.03. The van der Waals surface area contributed by atoms with Crippen molar-refractivity contribution in [2.75, 3.05) is 5.75 Å². The third-order valence-corrected chi connectivity index (χ3v) is 7.78. The molecule has 3 aromatic rings. The molecule has 2 atom stereocenters. The Labute approximate surface area is 192 Å². The second-order valence-electron chi connectivity index (χ2n) is 8.54. The number of carbonyl (C=O) groups excluding carboxylic acids is 2. The lowest BCUT2D eigenvalue weighted by molar-refractivity contribution is -0.138. The molecule has 0 spiro atoms. The first kappa shape index (κ1) is 20.8. The van der Waals surface area contributed by atoms with Gasteiger partial charge in [-0.2, -0.15) is 5.10 Å². The molecule has 0 bridgehead atoms. The van der Waals surface area contributed by atoms with Crippen molar-refractivity contribution in [3.05, 3.63) is 78.0 Å². The van der Waals surface area contributed by atoms with Gasteiger partial charge in [0.2, 0.25) is 11.8 Å². The maximum Gasteiger partial charge on any atom is 0.243 e. The number of carbonyl (C=O) groups is 2. The third-order valence-electron chi connectivity index (χ3n) is 6.27. The maximum atomic E-state index is 13.0. The van der Waals surface area contributed by atoms with Gasteiger partial charge in [0, 0.05) is 36.0 Å². The van der Waals surface area contributed by atoms with E-state index in [1.165, 1.54) is 5.56 Å². The van der Waals surface area contributed by atoms with Gasteiger partial charge in [-0.1, -0.05) is 60.7 Å². The molecule has 2 amide bonds.